The Labute approximate surface area is 147 Å². The van der Waals surface area contributed by atoms with Crippen LogP contribution in [0.3, 0.4) is 0 Å². The van der Waals surface area contributed by atoms with E-state index >= 15 is 0 Å². The molecule has 0 amide bonds. The lowest BCUT2D eigenvalue weighted by Gasteiger charge is -2.16. The largest absolute Gasteiger partial charge is 0.247 e. The van der Waals surface area contributed by atoms with Crippen LogP contribution in [-0.2, 0) is 6.42 Å². The van der Waals surface area contributed by atoms with Crippen LogP contribution >= 0.6 is 11.9 Å². The zero-order chi connectivity index (χ0) is 16.9. The maximum Gasteiger partial charge on any atom is 0.0230 e. The third-order valence-corrected chi connectivity index (χ3v) is 5.15. The second-order valence-electron chi connectivity index (χ2n) is 5.59. The predicted molar refractivity (Wildman–Crippen MR) is 106 cm³/mol. The van der Waals surface area contributed by atoms with Gasteiger partial charge < -0.3 is 0 Å². The molecule has 0 aromatic heterocycles. The highest BCUT2D eigenvalue weighted by molar-refractivity contribution is 7.97. The van der Waals surface area contributed by atoms with E-state index in [9.17, 15) is 0 Å². The molecule has 1 aromatic rings. The van der Waals surface area contributed by atoms with Gasteiger partial charge in [0.15, 0.2) is 0 Å². The lowest BCUT2D eigenvalue weighted by atomic mass is 10.0. The molecule has 1 nitrogen and oxygen atoms in total. The summed E-state index contributed by atoms with van der Waals surface area (Å²) in [5.41, 5.74) is 2.73. The minimum absolute atomic E-state index is 1.08. The Morgan fingerprint density at radius 2 is 1.74 bits per heavy atom. The molecule has 0 heterocycles. The van der Waals surface area contributed by atoms with Gasteiger partial charge in [-0.3, -0.25) is 0 Å². The standard InChI is InChI=1S/C21H31NS/c1-5-12-19(6-2)13-10-9-11-14-20-15-17-21(18-16-20)23-22(7-3)8-4/h5-6,12,15-18H,1-2,7-11,13-14H2,3-4H3/b19-12+. The van der Waals surface area contributed by atoms with Crippen LogP contribution in [0.1, 0.15) is 45.1 Å². The Morgan fingerprint density at radius 1 is 1.04 bits per heavy atom. The fraction of sp³-hybridized carbons (Fsp3) is 0.429. The summed E-state index contributed by atoms with van der Waals surface area (Å²) in [6.45, 7) is 14.1. The van der Waals surface area contributed by atoms with Crippen molar-refractivity contribution in [1.29, 1.82) is 0 Å². The summed E-state index contributed by atoms with van der Waals surface area (Å²) in [6.07, 6.45) is 11.8. The van der Waals surface area contributed by atoms with Gasteiger partial charge in [0.25, 0.3) is 0 Å². The van der Waals surface area contributed by atoms with E-state index in [1.54, 1.807) is 0 Å². The third kappa shape index (κ3) is 8.24. The van der Waals surface area contributed by atoms with Gasteiger partial charge in [-0.25, -0.2) is 4.31 Å². The van der Waals surface area contributed by atoms with E-state index in [-0.39, 0.29) is 0 Å². The zero-order valence-corrected chi connectivity index (χ0v) is 15.6. The number of unbranched alkanes of at least 4 members (excludes halogenated alkanes) is 2. The Balaban J connectivity index is 2.29. The second kappa shape index (κ2) is 12.2. The molecule has 126 valence electrons. The minimum atomic E-state index is 1.08. The highest BCUT2D eigenvalue weighted by atomic mass is 32.2. The van der Waals surface area contributed by atoms with Crippen LogP contribution < -0.4 is 0 Å². The SMILES string of the molecule is C=C/C=C(\C=C)CCCCCc1ccc(SN(CC)CC)cc1. The van der Waals surface area contributed by atoms with Gasteiger partial charge in [0.1, 0.15) is 0 Å². The van der Waals surface area contributed by atoms with Crippen molar-refractivity contribution in [1.82, 2.24) is 4.31 Å². The fourth-order valence-electron chi connectivity index (χ4n) is 2.46. The van der Waals surface area contributed by atoms with E-state index in [1.807, 2.05) is 24.1 Å². The molecular formula is C21H31NS. The Kier molecular flexibility index (Phi) is 10.5. The van der Waals surface area contributed by atoms with Crippen molar-refractivity contribution in [3.05, 3.63) is 66.8 Å². The molecule has 2 heteroatoms. The van der Waals surface area contributed by atoms with Gasteiger partial charge >= 0.3 is 0 Å². The summed E-state index contributed by atoms with van der Waals surface area (Å²) < 4.78 is 2.36. The predicted octanol–water partition coefficient (Wildman–Crippen LogP) is 6.44. The summed E-state index contributed by atoms with van der Waals surface area (Å²) in [7, 11) is 0. The molecule has 0 N–H and O–H groups in total. The van der Waals surface area contributed by atoms with Crippen LogP contribution in [0.15, 0.2) is 66.1 Å². The number of aryl methyl sites for hydroxylation is 1. The summed E-state index contributed by atoms with van der Waals surface area (Å²) >= 11 is 1.85. The number of hydrogen-bond acceptors (Lipinski definition) is 2. The first-order valence-corrected chi connectivity index (χ1v) is 9.46. The first-order valence-electron chi connectivity index (χ1n) is 8.69. The number of allylic oxidation sites excluding steroid dienone is 4. The molecule has 0 spiro atoms. The lowest BCUT2D eigenvalue weighted by molar-refractivity contribution is 0.525. The summed E-state index contributed by atoms with van der Waals surface area (Å²) in [5, 5.41) is 0. The first kappa shape index (κ1) is 19.8. The second-order valence-corrected chi connectivity index (χ2v) is 6.76. The molecule has 0 fully saturated rings. The van der Waals surface area contributed by atoms with Crippen molar-refractivity contribution in [2.75, 3.05) is 13.1 Å². The monoisotopic (exact) mass is 329 g/mol. The topological polar surface area (TPSA) is 3.24 Å². The van der Waals surface area contributed by atoms with Crippen LogP contribution in [0, 0.1) is 0 Å². The minimum Gasteiger partial charge on any atom is -0.247 e. The van der Waals surface area contributed by atoms with E-state index in [0.29, 0.717) is 0 Å². The van der Waals surface area contributed by atoms with Crippen molar-refractivity contribution in [2.45, 2.75) is 50.8 Å². The van der Waals surface area contributed by atoms with Gasteiger partial charge in [0, 0.05) is 18.0 Å². The van der Waals surface area contributed by atoms with Gasteiger partial charge in [-0.2, -0.15) is 0 Å². The fourth-order valence-corrected chi connectivity index (χ4v) is 3.27. The van der Waals surface area contributed by atoms with Crippen molar-refractivity contribution >= 4 is 11.9 Å². The normalized spacial score (nSPS) is 11.7. The maximum atomic E-state index is 3.85. The molecular weight excluding hydrogens is 298 g/mol. The van der Waals surface area contributed by atoms with Gasteiger partial charge in [-0.15, -0.1) is 0 Å². The molecule has 0 bridgehead atoms. The summed E-state index contributed by atoms with van der Waals surface area (Å²) in [4.78, 5) is 1.34. The highest BCUT2D eigenvalue weighted by Gasteiger charge is 2.02. The number of nitrogens with zero attached hydrogens (tertiary/aromatic N) is 1. The number of hydrogen-bond donors (Lipinski definition) is 0. The molecule has 0 atom stereocenters. The average Bonchev–Trinajstić information content (AvgIpc) is 2.59. The molecule has 1 rings (SSSR count). The zero-order valence-electron chi connectivity index (χ0n) is 14.8. The van der Waals surface area contributed by atoms with Crippen LogP contribution in [0.5, 0.6) is 0 Å². The van der Waals surface area contributed by atoms with Crippen molar-refractivity contribution in [3.8, 4) is 0 Å². The smallest absolute Gasteiger partial charge is 0.0230 e. The van der Waals surface area contributed by atoms with Gasteiger partial charge in [0.2, 0.25) is 0 Å². The third-order valence-electron chi connectivity index (χ3n) is 3.89. The van der Waals surface area contributed by atoms with Crippen LogP contribution in [-0.4, -0.2) is 17.4 Å². The van der Waals surface area contributed by atoms with E-state index in [2.05, 4.69) is 61.7 Å². The van der Waals surface area contributed by atoms with Crippen LogP contribution in [0.4, 0.5) is 0 Å². The highest BCUT2D eigenvalue weighted by Crippen LogP contribution is 2.23. The molecule has 0 unspecified atom stereocenters. The summed E-state index contributed by atoms with van der Waals surface area (Å²) in [5.74, 6) is 0. The molecule has 23 heavy (non-hydrogen) atoms. The summed E-state index contributed by atoms with van der Waals surface area (Å²) in [6, 6.07) is 9.05. The van der Waals surface area contributed by atoms with Crippen molar-refractivity contribution in [2.24, 2.45) is 0 Å². The molecule has 0 saturated heterocycles. The molecule has 1 aromatic carbocycles. The number of benzene rings is 1. The molecule has 0 aliphatic rings. The molecule has 0 radical (unpaired) electrons. The van der Waals surface area contributed by atoms with E-state index in [4.69, 9.17) is 0 Å². The van der Waals surface area contributed by atoms with E-state index < -0.39 is 0 Å². The Morgan fingerprint density at radius 3 is 2.30 bits per heavy atom. The Bertz CT molecular complexity index is 483. The maximum absolute atomic E-state index is 3.85. The molecule has 0 aliphatic heterocycles. The first-order chi connectivity index (χ1) is 11.2. The Hall–Kier alpha value is -1.25. The van der Waals surface area contributed by atoms with Crippen LogP contribution in [0.25, 0.3) is 0 Å². The molecule has 0 saturated carbocycles. The van der Waals surface area contributed by atoms with Gasteiger partial charge in [0.05, 0.1) is 0 Å². The van der Waals surface area contributed by atoms with Crippen molar-refractivity contribution in [3.63, 3.8) is 0 Å². The number of rotatable bonds is 12. The molecule has 0 aliphatic carbocycles. The van der Waals surface area contributed by atoms with Crippen LogP contribution in [0.2, 0.25) is 0 Å². The quantitative estimate of drug-likeness (QED) is 0.247. The van der Waals surface area contributed by atoms with Gasteiger partial charge in [-0.05, 0) is 60.9 Å². The van der Waals surface area contributed by atoms with E-state index in [0.717, 1.165) is 19.5 Å². The van der Waals surface area contributed by atoms with Gasteiger partial charge in [-0.1, -0.05) is 63.8 Å². The van der Waals surface area contributed by atoms with E-state index in [1.165, 1.54) is 41.7 Å². The lowest BCUT2D eigenvalue weighted by Crippen LogP contribution is -2.13. The van der Waals surface area contributed by atoms with Crippen molar-refractivity contribution < 1.29 is 0 Å². The average molecular weight is 330 g/mol.